The summed E-state index contributed by atoms with van der Waals surface area (Å²) in [7, 11) is 0. The number of aryl methyl sites for hydroxylation is 1. The van der Waals surface area contributed by atoms with Gasteiger partial charge in [-0.15, -0.1) is 10.2 Å². The van der Waals surface area contributed by atoms with Gasteiger partial charge in [-0.3, -0.25) is 9.59 Å². The van der Waals surface area contributed by atoms with E-state index >= 15 is 0 Å². The van der Waals surface area contributed by atoms with E-state index in [9.17, 15) is 9.59 Å². The third-order valence-electron chi connectivity index (χ3n) is 3.43. The molecule has 2 amide bonds. The van der Waals surface area contributed by atoms with Crippen molar-refractivity contribution in [2.45, 2.75) is 13.5 Å². The zero-order chi connectivity index (χ0) is 17.6. The maximum Gasteiger partial charge on any atom is 0.313 e. The lowest BCUT2D eigenvalue weighted by atomic mass is 10.1. The Morgan fingerprint density at radius 1 is 0.960 bits per heavy atom. The van der Waals surface area contributed by atoms with Gasteiger partial charge in [-0.2, -0.15) is 0 Å². The van der Waals surface area contributed by atoms with Crippen LogP contribution in [0, 0.1) is 6.92 Å². The molecule has 0 aliphatic heterocycles. The molecule has 1 aromatic heterocycles. The van der Waals surface area contributed by atoms with E-state index in [1.807, 2.05) is 30.3 Å². The molecule has 1 heterocycles. The molecule has 2 aromatic carbocycles. The summed E-state index contributed by atoms with van der Waals surface area (Å²) in [5.74, 6) is -0.796. The van der Waals surface area contributed by atoms with Gasteiger partial charge in [0.05, 0.1) is 11.3 Å². The fourth-order valence-electron chi connectivity index (χ4n) is 2.22. The fourth-order valence-corrected chi connectivity index (χ4v) is 2.22. The fraction of sp³-hybridized carbons (Fsp3) is 0.111. The van der Waals surface area contributed by atoms with Crippen LogP contribution in [0.2, 0.25) is 0 Å². The first kappa shape index (κ1) is 16.4. The number of nitrogens with zero attached hydrogens (tertiary/aromatic N) is 2. The Balaban J connectivity index is 1.68. The minimum Gasteiger partial charge on any atom is -0.421 e. The second-order valence-electron chi connectivity index (χ2n) is 5.29. The standard InChI is InChI=1S/C18H16N4O3/c1-12-21-22-18(25-12)14-9-5-6-10-15(14)20-17(24)16(23)19-11-13-7-3-2-4-8-13/h2-10H,11H2,1H3,(H,19,23)(H,20,24). The molecule has 25 heavy (non-hydrogen) atoms. The van der Waals surface area contributed by atoms with Crippen LogP contribution in [0.1, 0.15) is 11.5 Å². The van der Waals surface area contributed by atoms with Crippen molar-refractivity contribution in [3.05, 3.63) is 66.1 Å². The van der Waals surface area contributed by atoms with E-state index in [1.165, 1.54) is 0 Å². The Morgan fingerprint density at radius 2 is 1.68 bits per heavy atom. The van der Waals surface area contributed by atoms with Crippen molar-refractivity contribution in [3.63, 3.8) is 0 Å². The van der Waals surface area contributed by atoms with Crippen molar-refractivity contribution < 1.29 is 14.0 Å². The summed E-state index contributed by atoms with van der Waals surface area (Å²) in [5.41, 5.74) is 1.88. The van der Waals surface area contributed by atoms with Gasteiger partial charge in [-0.1, -0.05) is 42.5 Å². The number of carbonyl (C=O) groups is 2. The molecule has 0 unspecified atom stereocenters. The number of nitrogens with one attached hydrogen (secondary N) is 2. The lowest BCUT2D eigenvalue weighted by Gasteiger charge is -2.09. The molecule has 0 fully saturated rings. The van der Waals surface area contributed by atoms with E-state index in [1.54, 1.807) is 31.2 Å². The molecule has 126 valence electrons. The van der Waals surface area contributed by atoms with Crippen LogP contribution in [-0.2, 0) is 16.1 Å². The topological polar surface area (TPSA) is 97.1 Å². The van der Waals surface area contributed by atoms with E-state index in [-0.39, 0.29) is 12.4 Å². The number of aromatic nitrogens is 2. The van der Waals surface area contributed by atoms with Gasteiger partial charge in [0, 0.05) is 13.5 Å². The number of para-hydroxylation sites is 1. The molecule has 7 nitrogen and oxygen atoms in total. The molecule has 0 radical (unpaired) electrons. The van der Waals surface area contributed by atoms with Crippen LogP contribution >= 0.6 is 0 Å². The average Bonchev–Trinajstić information content (AvgIpc) is 3.07. The van der Waals surface area contributed by atoms with Gasteiger partial charge in [0.1, 0.15) is 0 Å². The van der Waals surface area contributed by atoms with Crippen molar-refractivity contribution in [2.75, 3.05) is 5.32 Å². The van der Waals surface area contributed by atoms with E-state index in [0.29, 0.717) is 17.1 Å². The largest absolute Gasteiger partial charge is 0.421 e. The highest BCUT2D eigenvalue weighted by atomic mass is 16.4. The summed E-state index contributed by atoms with van der Waals surface area (Å²) in [6, 6.07) is 16.3. The van der Waals surface area contributed by atoms with Crippen molar-refractivity contribution >= 4 is 17.5 Å². The molecule has 0 atom stereocenters. The van der Waals surface area contributed by atoms with Crippen molar-refractivity contribution in [2.24, 2.45) is 0 Å². The Hall–Kier alpha value is -3.48. The molecule has 3 aromatic rings. The van der Waals surface area contributed by atoms with Crippen LogP contribution in [0.3, 0.4) is 0 Å². The first-order chi connectivity index (χ1) is 12.1. The Morgan fingerprint density at radius 3 is 2.40 bits per heavy atom. The smallest absolute Gasteiger partial charge is 0.313 e. The zero-order valence-corrected chi connectivity index (χ0v) is 13.5. The van der Waals surface area contributed by atoms with Crippen LogP contribution in [0.15, 0.2) is 59.0 Å². The minimum atomic E-state index is -0.764. The Kier molecular flexibility index (Phi) is 4.84. The summed E-state index contributed by atoms with van der Waals surface area (Å²) in [4.78, 5) is 24.1. The molecule has 0 saturated heterocycles. The van der Waals surface area contributed by atoms with E-state index < -0.39 is 11.8 Å². The first-order valence-corrected chi connectivity index (χ1v) is 7.66. The molecule has 3 rings (SSSR count). The highest BCUT2D eigenvalue weighted by Crippen LogP contribution is 2.26. The lowest BCUT2D eigenvalue weighted by molar-refractivity contribution is -0.136. The van der Waals surface area contributed by atoms with Crippen LogP contribution in [0.4, 0.5) is 5.69 Å². The van der Waals surface area contributed by atoms with E-state index in [0.717, 1.165) is 5.56 Å². The van der Waals surface area contributed by atoms with E-state index in [2.05, 4.69) is 20.8 Å². The van der Waals surface area contributed by atoms with Crippen LogP contribution in [-0.4, -0.2) is 22.0 Å². The molecule has 0 aliphatic carbocycles. The van der Waals surface area contributed by atoms with Gasteiger partial charge >= 0.3 is 11.8 Å². The highest BCUT2D eigenvalue weighted by Gasteiger charge is 2.17. The summed E-state index contributed by atoms with van der Waals surface area (Å²) in [5, 5.41) is 12.9. The van der Waals surface area contributed by atoms with Crippen LogP contribution in [0.25, 0.3) is 11.5 Å². The van der Waals surface area contributed by atoms with Gasteiger partial charge in [-0.25, -0.2) is 0 Å². The maximum absolute atomic E-state index is 12.1. The van der Waals surface area contributed by atoms with Crippen molar-refractivity contribution in [1.82, 2.24) is 15.5 Å². The molecular formula is C18H16N4O3. The van der Waals surface area contributed by atoms with Crippen molar-refractivity contribution in [3.8, 4) is 11.5 Å². The summed E-state index contributed by atoms with van der Waals surface area (Å²) in [6.45, 7) is 1.95. The normalized spacial score (nSPS) is 10.3. The van der Waals surface area contributed by atoms with E-state index in [4.69, 9.17) is 4.42 Å². The number of amides is 2. The van der Waals surface area contributed by atoms with Crippen LogP contribution < -0.4 is 10.6 Å². The van der Waals surface area contributed by atoms with Gasteiger partial charge in [0.2, 0.25) is 11.8 Å². The number of anilines is 1. The third-order valence-corrected chi connectivity index (χ3v) is 3.43. The minimum absolute atomic E-state index is 0.275. The van der Waals surface area contributed by atoms with Gasteiger partial charge < -0.3 is 15.1 Å². The summed E-state index contributed by atoms with van der Waals surface area (Å²) < 4.78 is 5.38. The number of hydrogen-bond acceptors (Lipinski definition) is 5. The lowest BCUT2D eigenvalue weighted by Crippen LogP contribution is -2.35. The van der Waals surface area contributed by atoms with Gasteiger partial charge in [-0.05, 0) is 17.7 Å². The third kappa shape index (κ3) is 4.08. The SMILES string of the molecule is Cc1nnc(-c2ccccc2NC(=O)C(=O)NCc2ccccc2)o1. The molecule has 0 bridgehead atoms. The van der Waals surface area contributed by atoms with Crippen molar-refractivity contribution in [1.29, 1.82) is 0 Å². The van der Waals surface area contributed by atoms with Crippen LogP contribution in [0.5, 0.6) is 0 Å². The summed E-state index contributed by atoms with van der Waals surface area (Å²) in [6.07, 6.45) is 0. The maximum atomic E-state index is 12.1. The highest BCUT2D eigenvalue weighted by molar-refractivity contribution is 6.39. The molecule has 0 spiro atoms. The number of benzene rings is 2. The number of rotatable bonds is 4. The Labute approximate surface area is 144 Å². The second-order valence-corrected chi connectivity index (χ2v) is 5.29. The monoisotopic (exact) mass is 336 g/mol. The Bertz CT molecular complexity index is 890. The molecule has 7 heteroatoms. The van der Waals surface area contributed by atoms with Gasteiger partial charge in [0.15, 0.2) is 0 Å². The average molecular weight is 336 g/mol. The molecular weight excluding hydrogens is 320 g/mol. The molecule has 0 saturated carbocycles. The predicted molar refractivity (Wildman–Crippen MR) is 91.4 cm³/mol. The number of hydrogen-bond donors (Lipinski definition) is 2. The zero-order valence-electron chi connectivity index (χ0n) is 13.5. The second kappa shape index (κ2) is 7.39. The quantitative estimate of drug-likeness (QED) is 0.713. The molecule has 2 N–H and O–H groups in total. The predicted octanol–water partition coefficient (Wildman–Crippen LogP) is 2.30. The van der Waals surface area contributed by atoms with Gasteiger partial charge in [0.25, 0.3) is 0 Å². The first-order valence-electron chi connectivity index (χ1n) is 7.66. The number of carbonyl (C=O) groups excluding carboxylic acids is 2. The molecule has 0 aliphatic rings. The summed E-state index contributed by atoms with van der Waals surface area (Å²) >= 11 is 0.